The molecule has 0 amide bonds. The van der Waals surface area contributed by atoms with Crippen molar-refractivity contribution in [2.24, 2.45) is 0 Å². The number of carbonyl (C=O) groups excluding carboxylic acids is 1. The number of esters is 1. The highest BCUT2D eigenvalue weighted by Crippen LogP contribution is 2.10. The van der Waals surface area contributed by atoms with Crippen LogP contribution in [0.25, 0.3) is 0 Å². The summed E-state index contributed by atoms with van der Waals surface area (Å²) in [5, 5.41) is 3.87. The zero-order valence-electron chi connectivity index (χ0n) is 6.12. The summed E-state index contributed by atoms with van der Waals surface area (Å²) in [7, 11) is 1.32. The highest BCUT2D eigenvalue weighted by molar-refractivity contribution is 9.11. The molecule has 0 unspecified atom stereocenters. The van der Waals surface area contributed by atoms with Crippen molar-refractivity contribution in [3.63, 3.8) is 0 Å². The molecular formula is C5H5Br2N3O2. The fourth-order valence-corrected chi connectivity index (χ4v) is 1.55. The Morgan fingerprint density at radius 1 is 1.67 bits per heavy atom. The zero-order chi connectivity index (χ0) is 9.14. The summed E-state index contributed by atoms with van der Waals surface area (Å²) in [6, 6.07) is 0. The number of hydrogen-bond donors (Lipinski definition) is 0. The van der Waals surface area contributed by atoms with Crippen molar-refractivity contribution in [2.75, 3.05) is 7.11 Å². The lowest BCUT2D eigenvalue weighted by atomic mass is 10.7. The quantitative estimate of drug-likeness (QED) is 0.764. The van der Waals surface area contributed by atoms with E-state index >= 15 is 0 Å². The van der Waals surface area contributed by atoms with Gasteiger partial charge in [-0.15, -0.1) is 5.10 Å². The monoisotopic (exact) mass is 297 g/mol. The maximum Gasteiger partial charge on any atom is 0.327 e. The summed E-state index contributed by atoms with van der Waals surface area (Å²) in [6.07, 6.45) is 0. The topological polar surface area (TPSA) is 57.0 Å². The van der Waals surface area contributed by atoms with Crippen molar-refractivity contribution in [2.45, 2.75) is 6.54 Å². The van der Waals surface area contributed by atoms with E-state index in [0.717, 1.165) is 0 Å². The standard InChI is InChI=1S/C5H5Br2N3O2/c1-12-3(11)2-10-5(7)8-4(6)9-10/h2H2,1H3. The van der Waals surface area contributed by atoms with Gasteiger partial charge >= 0.3 is 5.97 Å². The Kier molecular flexibility index (Phi) is 3.21. The van der Waals surface area contributed by atoms with E-state index in [1.54, 1.807) is 0 Å². The predicted octanol–water partition coefficient (Wildman–Crippen LogP) is 0.976. The summed E-state index contributed by atoms with van der Waals surface area (Å²) in [5.41, 5.74) is 0. The van der Waals surface area contributed by atoms with Crippen molar-refractivity contribution >= 4 is 37.8 Å². The minimum Gasteiger partial charge on any atom is -0.468 e. The van der Waals surface area contributed by atoms with Crippen molar-refractivity contribution in [3.05, 3.63) is 9.47 Å². The average Bonchev–Trinajstić information content (AvgIpc) is 2.30. The van der Waals surface area contributed by atoms with Gasteiger partial charge in [0.25, 0.3) is 0 Å². The first-order chi connectivity index (χ1) is 5.63. The number of halogens is 2. The molecule has 66 valence electrons. The Morgan fingerprint density at radius 2 is 2.33 bits per heavy atom. The summed E-state index contributed by atoms with van der Waals surface area (Å²) >= 11 is 6.20. The van der Waals surface area contributed by atoms with Gasteiger partial charge < -0.3 is 4.74 Å². The number of hydrogen-bond acceptors (Lipinski definition) is 4. The number of nitrogens with zero attached hydrogens (tertiary/aromatic N) is 3. The minimum absolute atomic E-state index is 0.0513. The molecule has 0 fully saturated rings. The van der Waals surface area contributed by atoms with Crippen LogP contribution >= 0.6 is 31.9 Å². The molecule has 0 saturated heterocycles. The van der Waals surface area contributed by atoms with E-state index in [0.29, 0.717) is 9.47 Å². The Hall–Kier alpha value is -0.430. The molecule has 0 bridgehead atoms. The van der Waals surface area contributed by atoms with Crippen LogP contribution in [0.5, 0.6) is 0 Å². The largest absolute Gasteiger partial charge is 0.468 e. The maximum absolute atomic E-state index is 10.8. The first-order valence-electron chi connectivity index (χ1n) is 2.96. The molecule has 12 heavy (non-hydrogen) atoms. The van der Waals surface area contributed by atoms with Crippen LogP contribution in [0.2, 0.25) is 0 Å². The average molecular weight is 299 g/mol. The Labute approximate surface area is 85.4 Å². The molecule has 0 N–H and O–H groups in total. The van der Waals surface area contributed by atoms with E-state index in [1.165, 1.54) is 11.8 Å². The predicted molar refractivity (Wildman–Crippen MR) is 47.4 cm³/mol. The van der Waals surface area contributed by atoms with E-state index < -0.39 is 0 Å². The molecule has 1 aromatic rings. The van der Waals surface area contributed by atoms with Crippen LogP contribution in [0.15, 0.2) is 9.47 Å². The van der Waals surface area contributed by atoms with Crippen LogP contribution in [0, 0.1) is 0 Å². The lowest BCUT2D eigenvalue weighted by molar-refractivity contribution is -0.141. The van der Waals surface area contributed by atoms with E-state index in [4.69, 9.17) is 0 Å². The van der Waals surface area contributed by atoms with Gasteiger partial charge in [0, 0.05) is 0 Å². The van der Waals surface area contributed by atoms with Crippen LogP contribution in [0.1, 0.15) is 0 Å². The molecular weight excluding hydrogens is 294 g/mol. The molecule has 5 nitrogen and oxygen atoms in total. The van der Waals surface area contributed by atoms with E-state index in [2.05, 4.69) is 46.7 Å². The fraction of sp³-hybridized carbons (Fsp3) is 0.400. The summed E-state index contributed by atoms with van der Waals surface area (Å²) in [6.45, 7) is 0.0513. The molecule has 0 aliphatic rings. The first-order valence-corrected chi connectivity index (χ1v) is 4.54. The zero-order valence-corrected chi connectivity index (χ0v) is 9.29. The molecule has 0 atom stereocenters. The van der Waals surface area contributed by atoms with Crippen molar-refractivity contribution in [1.29, 1.82) is 0 Å². The molecule has 0 aliphatic heterocycles. The van der Waals surface area contributed by atoms with Crippen molar-refractivity contribution in [3.8, 4) is 0 Å². The van der Waals surface area contributed by atoms with Crippen molar-refractivity contribution < 1.29 is 9.53 Å². The van der Waals surface area contributed by atoms with Gasteiger partial charge in [0.15, 0.2) is 4.73 Å². The van der Waals surface area contributed by atoms with Crippen LogP contribution in [-0.4, -0.2) is 27.8 Å². The third kappa shape index (κ3) is 2.28. The third-order valence-corrected chi connectivity index (χ3v) is 2.03. The normalized spacial score (nSPS) is 9.92. The number of ether oxygens (including phenoxy) is 1. The Balaban J connectivity index is 2.75. The van der Waals surface area contributed by atoms with Gasteiger partial charge in [0.05, 0.1) is 7.11 Å². The van der Waals surface area contributed by atoms with Crippen molar-refractivity contribution in [1.82, 2.24) is 14.8 Å². The summed E-state index contributed by atoms with van der Waals surface area (Å²) in [4.78, 5) is 14.7. The molecule has 0 radical (unpaired) electrons. The summed E-state index contributed by atoms with van der Waals surface area (Å²) in [5.74, 6) is -0.367. The number of carbonyl (C=O) groups is 1. The van der Waals surface area contributed by atoms with Gasteiger partial charge in [-0.3, -0.25) is 4.79 Å². The molecule has 0 aromatic carbocycles. The fourth-order valence-electron chi connectivity index (χ4n) is 0.584. The smallest absolute Gasteiger partial charge is 0.327 e. The van der Waals surface area contributed by atoms with E-state index in [1.807, 2.05) is 0 Å². The Morgan fingerprint density at radius 3 is 2.75 bits per heavy atom. The second kappa shape index (κ2) is 3.99. The molecule has 0 aliphatic carbocycles. The second-order valence-electron chi connectivity index (χ2n) is 1.88. The van der Waals surface area contributed by atoms with Gasteiger partial charge in [-0.05, 0) is 31.9 Å². The van der Waals surface area contributed by atoms with Crippen LogP contribution in [-0.2, 0) is 16.1 Å². The highest BCUT2D eigenvalue weighted by atomic mass is 79.9. The molecule has 0 spiro atoms. The van der Waals surface area contributed by atoms with Gasteiger partial charge in [-0.2, -0.15) is 4.98 Å². The number of rotatable bonds is 2. The number of aromatic nitrogens is 3. The van der Waals surface area contributed by atoms with Crippen LogP contribution in [0.3, 0.4) is 0 Å². The van der Waals surface area contributed by atoms with Gasteiger partial charge in [0.1, 0.15) is 6.54 Å². The van der Waals surface area contributed by atoms with Gasteiger partial charge in [-0.25, -0.2) is 4.68 Å². The van der Waals surface area contributed by atoms with Crippen LogP contribution < -0.4 is 0 Å². The van der Waals surface area contributed by atoms with Gasteiger partial charge in [0.2, 0.25) is 4.73 Å². The highest BCUT2D eigenvalue weighted by Gasteiger charge is 2.08. The lowest BCUT2D eigenvalue weighted by Gasteiger charge is -1.98. The third-order valence-electron chi connectivity index (χ3n) is 1.11. The minimum atomic E-state index is -0.367. The first kappa shape index (κ1) is 9.66. The summed E-state index contributed by atoms with van der Waals surface area (Å²) < 4.78 is 6.75. The lowest BCUT2D eigenvalue weighted by Crippen LogP contribution is -2.12. The number of methoxy groups -OCH3 is 1. The molecule has 1 heterocycles. The molecule has 7 heteroatoms. The van der Waals surface area contributed by atoms with E-state index in [-0.39, 0.29) is 12.5 Å². The maximum atomic E-state index is 10.8. The second-order valence-corrected chi connectivity index (χ2v) is 3.30. The molecule has 1 aromatic heterocycles. The van der Waals surface area contributed by atoms with Crippen LogP contribution in [0.4, 0.5) is 0 Å². The Bertz CT molecular complexity index is 299. The van der Waals surface area contributed by atoms with E-state index in [9.17, 15) is 4.79 Å². The molecule has 0 saturated carbocycles. The van der Waals surface area contributed by atoms with Gasteiger partial charge in [-0.1, -0.05) is 0 Å². The SMILES string of the molecule is COC(=O)Cn1nc(Br)nc1Br. The molecule has 1 rings (SSSR count).